The van der Waals surface area contributed by atoms with E-state index < -0.39 is 17.5 Å². The second-order valence-electron chi connectivity index (χ2n) is 3.65. The first kappa shape index (κ1) is 12.6. The lowest BCUT2D eigenvalue weighted by molar-refractivity contribution is 0.102. The predicted octanol–water partition coefficient (Wildman–Crippen LogP) is 2.48. The van der Waals surface area contributed by atoms with Crippen molar-refractivity contribution in [1.82, 2.24) is 4.98 Å². The van der Waals surface area contributed by atoms with E-state index in [0.717, 1.165) is 24.4 Å². The number of rotatable bonds is 2. The van der Waals surface area contributed by atoms with E-state index in [2.05, 4.69) is 10.3 Å². The Labute approximate surface area is 107 Å². The smallest absolute Gasteiger partial charge is 0.257 e. The Hall–Kier alpha value is -2.81. The van der Waals surface area contributed by atoms with Gasteiger partial charge in [-0.1, -0.05) is 0 Å². The molecular formula is C13H7F2N3O. The van der Waals surface area contributed by atoms with Crippen molar-refractivity contribution >= 4 is 11.6 Å². The van der Waals surface area contributed by atoms with Gasteiger partial charge in [0.2, 0.25) is 0 Å². The minimum Gasteiger partial charge on any atom is -0.321 e. The molecule has 0 saturated carbocycles. The number of nitriles is 1. The van der Waals surface area contributed by atoms with Gasteiger partial charge in [-0.3, -0.25) is 9.78 Å². The van der Waals surface area contributed by atoms with Gasteiger partial charge in [-0.15, -0.1) is 0 Å². The summed E-state index contributed by atoms with van der Waals surface area (Å²) in [5, 5.41) is 11.2. The Bertz CT molecular complexity index is 680. The fourth-order valence-corrected chi connectivity index (χ4v) is 1.45. The van der Waals surface area contributed by atoms with Crippen LogP contribution in [-0.4, -0.2) is 10.9 Å². The molecule has 4 nitrogen and oxygen atoms in total. The Balaban J connectivity index is 2.27. The lowest BCUT2D eigenvalue weighted by Gasteiger charge is -2.06. The molecular weight excluding hydrogens is 252 g/mol. The number of benzene rings is 1. The summed E-state index contributed by atoms with van der Waals surface area (Å²) in [5.41, 5.74) is 0.143. The van der Waals surface area contributed by atoms with Crippen LogP contribution in [0.3, 0.4) is 0 Å². The van der Waals surface area contributed by atoms with Crippen LogP contribution in [0.25, 0.3) is 0 Å². The Kier molecular flexibility index (Phi) is 3.48. The zero-order chi connectivity index (χ0) is 13.8. The van der Waals surface area contributed by atoms with Crippen molar-refractivity contribution in [1.29, 1.82) is 5.26 Å². The van der Waals surface area contributed by atoms with Crippen LogP contribution in [0.5, 0.6) is 0 Å². The lowest BCUT2D eigenvalue weighted by atomic mass is 10.1. The molecule has 1 amide bonds. The molecule has 0 fully saturated rings. The maximum atomic E-state index is 12.9. The predicted molar refractivity (Wildman–Crippen MR) is 63.3 cm³/mol. The van der Waals surface area contributed by atoms with Crippen LogP contribution in [0.15, 0.2) is 36.7 Å². The number of carbonyl (C=O) groups excluding carboxylic acids is 1. The molecule has 2 rings (SSSR count). The first-order valence-corrected chi connectivity index (χ1v) is 5.21. The maximum Gasteiger partial charge on any atom is 0.257 e. The number of carbonyl (C=O) groups is 1. The van der Waals surface area contributed by atoms with Gasteiger partial charge in [0.15, 0.2) is 0 Å². The van der Waals surface area contributed by atoms with Crippen molar-refractivity contribution in [3.05, 3.63) is 59.4 Å². The molecule has 94 valence electrons. The number of hydrogen-bond acceptors (Lipinski definition) is 3. The minimum absolute atomic E-state index is 0.00761. The summed E-state index contributed by atoms with van der Waals surface area (Å²) in [4.78, 5) is 15.3. The highest BCUT2D eigenvalue weighted by Crippen LogP contribution is 2.17. The molecule has 1 aromatic heterocycles. The molecule has 0 radical (unpaired) electrons. The number of hydrogen-bond donors (Lipinski definition) is 1. The molecule has 0 aliphatic rings. The topological polar surface area (TPSA) is 65.8 Å². The van der Waals surface area contributed by atoms with Crippen molar-refractivity contribution in [2.45, 2.75) is 0 Å². The number of pyridine rings is 1. The summed E-state index contributed by atoms with van der Waals surface area (Å²) in [7, 11) is 0. The number of nitrogens with one attached hydrogen (secondary N) is 1. The minimum atomic E-state index is -0.646. The van der Waals surface area contributed by atoms with Gasteiger partial charge in [-0.25, -0.2) is 8.78 Å². The van der Waals surface area contributed by atoms with E-state index in [1.165, 1.54) is 12.3 Å². The quantitative estimate of drug-likeness (QED) is 0.901. The summed E-state index contributed by atoms with van der Waals surface area (Å²) >= 11 is 0. The SMILES string of the molecule is N#Cc1cc(F)ccc1NC(=O)c1cncc(F)c1. The zero-order valence-electron chi connectivity index (χ0n) is 9.52. The molecule has 2 aromatic rings. The first-order chi connectivity index (χ1) is 9.10. The summed E-state index contributed by atoms with van der Waals surface area (Å²) in [5.74, 6) is -1.86. The molecule has 1 heterocycles. The number of halogens is 2. The van der Waals surface area contributed by atoms with Crippen LogP contribution in [-0.2, 0) is 0 Å². The third kappa shape index (κ3) is 2.90. The third-order valence-corrected chi connectivity index (χ3v) is 2.32. The van der Waals surface area contributed by atoms with E-state index in [0.29, 0.717) is 0 Å². The van der Waals surface area contributed by atoms with Gasteiger partial charge >= 0.3 is 0 Å². The fourth-order valence-electron chi connectivity index (χ4n) is 1.45. The summed E-state index contributed by atoms with van der Waals surface area (Å²) < 4.78 is 25.8. The van der Waals surface area contributed by atoms with Crippen LogP contribution in [0, 0.1) is 23.0 Å². The highest BCUT2D eigenvalue weighted by Gasteiger charge is 2.11. The Morgan fingerprint density at radius 1 is 1.21 bits per heavy atom. The number of amides is 1. The van der Waals surface area contributed by atoms with Crippen molar-refractivity contribution in [2.75, 3.05) is 5.32 Å². The van der Waals surface area contributed by atoms with E-state index >= 15 is 0 Å². The summed E-state index contributed by atoms with van der Waals surface area (Å²) in [6.07, 6.45) is 2.16. The van der Waals surface area contributed by atoms with Crippen LogP contribution in [0.2, 0.25) is 0 Å². The maximum absolute atomic E-state index is 12.9. The van der Waals surface area contributed by atoms with Gasteiger partial charge in [0.1, 0.15) is 17.7 Å². The number of aromatic nitrogens is 1. The van der Waals surface area contributed by atoms with Gasteiger partial charge in [0, 0.05) is 6.20 Å². The van der Waals surface area contributed by atoms with Crippen LogP contribution >= 0.6 is 0 Å². The molecule has 6 heteroatoms. The molecule has 0 bridgehead atoms. The first-order valence-electron chi connectivity index (χ1n) is 5.21. The van der Waals surface area contributed by atoms with Gasteiger partial charge in [0.25, 0.3) is 5.91 Å². The van der Waals surface area contributed by atoms with Gasteiger partial charge in [-0.2, -0.15) is 5.26 Å². The van der Waals surface area contributed by atoms with E-state index in [9.17, 15) is 13.6 Å². The average molecular weight is 259 g/mol. The molecule has 0 saturated heterocycles. The standard InChI is InChI=1S/C13H7F2N3O/c14-10-1-2-12(8(3-10)5-16)18-13(19)9-4-11(15)7-17-6-9/h1-4,6-7H,(H,18,19). The molecule has 1 N–H and O–H groups in total. The van der Waals surface area contributed by atoms with Crippen molar-refractivity contribution in [2.24, 2.45) is 0 Å². The van der Waals surface area contributed by atoms with Crippen molar-refractivity contribution in [3.63, 3.8) is 0 Å². The normalized spacial score (nSPS) is 9.74. The molecule has 0 aliphatic heterocycles. The second kappa shape index (κ2) is 5.23. The van der Waals surface area contributed by atoms with Crippen LogP contribution in [0.1, 0.15) is 15.9 Å². The third-order valence-electron chi connectivity index (χ3n) is 2.32. The van der Waals surface area contributed by atoms with E-state index in [-0.39, 0.29) is 16.8 Å². The molecule has 0 spiro atoms. The Morgan fingerprint density at radius 3 is 2.68 bits per heavy atom. The van der Waals surface area contributed by atoms with Crippen molar-refractivity contribution in [3.8, 4) is 6.07 Å². The lowest BCUT2D eigenvalue weighted by Crippen LogP contribution is -2.13. The fraction of sp³-hybridized carbons (Fsp3) is 0. The zero-order valence-corrected chi connectivity index (χ0v) is 9.52. The average Bonchev–Trinajstić information content (AvgIpc) is 2.40. The van der Waals surface area contributed by atoms with Gasteiger partial charge in [-0.05, 0) is 24.3 Å². The molecule has 0 aliphatic carbocycles. The van der Waals surface area contributed by atoms with Gasteiger partial charge in [0.05, 0.1) is 23.0 Å². The molecule has 0 atom stereocenters. The summed E-state index contributed by atoms with van der Waals surface area (Å²) in [6.45, 7) is 0. The van der Waals surface area contributed by atoms with E-state index in [4.69, 9.17) is 5.26 Å². The number of anilines is 1. The second-order valence-corrected chi connectivity index (χ2v) is 3.65. The van der Waals surface area contributed by atoms with Gasteiger partial charge < -0.3 is 5.32 Å². The van der Waals surface area contributed by atoms with Crippen molar-refractivity contribution < 1.29 is 13.6 Å². The monoisotopic (exact) mass is 259 g/mol. The Morgan fingerprint density at radius 2 is 2.00 bits per heavy atom. The molecule has 19 heavy (non-hydrogen) atoms. The van der Waals surface area contributed by atoms with Crippen LogP contribution in [0.4, 0.5) is 14.5 Å². The van der Waals surface area contributed by atoms with Crippen LogP contribution < -0.4 is 5.32 Å². The molecule has 0 unspecified atom stereocenters. The highest BCUT2D eigenvalue weighted by atomic mass is 19.1. The molecule has 1 aromatic carbocycles. The summed E-state index contributed by atoms with van der Waals surface area (Å²) in [6, 6.07) is 6.15. The van der Waals surface area contributed by atoms with E-state index in [1.807, 2.05) is 0 Å². The largest absolute Gasteiger partial charge is 0.321 e. The highest BCUT2D eigenvalue weighted by molar-refractivity contribution is 6.04. The number of nitrogens with zero attached hydrogens (tertiary/aromatic N) is 2. The van der Waals surface area contributed by atoms with E-state index in [1.54, 1.807) is 6.07 Å².